The molecule has 0 saturated heterocycles. The molecule has 6 heteroatoms. The van der Waals surface area contributed by atoms with E-state index in [-0.39, 0.29) is 19.0 Å². The number of hydrogen-bond acceptors (Lipinski definition) is 5. The summed E-state index contributed by atoms with van der Waals surface area (Å²) in [6.45, 7) is 0.265. The number of aromatic nitrogens is 2. The molecule has 0 atom stereocenters. The van der Waals surface area contributed by atoms with Crippen LogP contribution in [0.1, 0.15) is 21.6 Å². The van der Waals surface area contributed by atoms with Gasteiger partial charge < -0.3 is 9.47 Å². The first-order valence-corrected chi connectivity index (χ1v) is 7.59. The Kier molecular flexibility index (Phi) is 5.31. The zero-order valence-electron chi connectivity index (χ0n) is 13.3. The number of benzene rings is 2. The Labute approximate surface area is 144 Å². The second kappa shape index (κ2) is 8.01. The van der Waals surface area contributed by atoms with Crippen LogP contribution in [0.2, 0.25) is 0 Å². The number of nitrogens with zero attached hydrogens (tertiary/aromatic N) is 2. The largest absolute Gasteiger partial charge is 0.489 e. The van der Waals surface area contributed by atoms with Gasteiger partial charge >= 0.3 is 0 Å². The van der Waals surface area contributed by atoms with Crippen molar-refractivity contribution in [1.29, 1.82) is 0 Å². The topological polar surface area (TPSA) is 61.3 Å². The molecule has 0 N–H and O–H groups in total. The van der Waals surface area contributed by atoms with Crippen LogP contribution >= 0.6 is 0 Å². The summed E-state index contributed by atoms with van der Waals surface area (Å²) in [5.41, 5.74) is 1.49. The van der Waals surface area contributed by atoms with Crippen LogP contribution in [0.15, 0.2) is 61.1 Å². The Hall–Kier alpha value is -3.28. The summed E-state index contributed by atoms with van der Waals surface area (Å²) in [5, 5.41) is 0. The third-order valence-corrected chi connectivity index (χ3v) is 3.39. The van der Waals surface area contributed by atoms with Gasteiger partial charge in [-0.3, -0.25) is 14.8 Å². The van der Waals surface area contributed by atoms with Gasteiger partial charge in [0.2, 0.25) is 0 Å². The van der Waals surface area contributed by atoms with Gasteiger partial charge in [0.15, 0.2) is 0 Å². The third kappa shape index (κ3) is 4.60. The average Bonchev–Trinajstić information content (AvgIpc) is 2.66. The molecule has 1 aromatic heterocycles. The molecule has 0 fully saturated rings. The molecule has 0 spiro atoms. The number of rotatable bonds is 7. The van der Waals surface area contributed by atoms with Crippen molar-refractivity contribution in [1.82, 2.24) is 9.97 Å². The van der Waals surface area contributed by atoms with Crippen LogP contribution in [0.5, 0.6) is 11.5 Å². The fourth-order valence-corrected chi connectivity index (χ4v) is 2.17. The lowest BCUT2D eigenvalue weighted by Crippen LogP contribution is -2.01. The Balaban J connectivity index is 1.71. The van der Waals surface area contributed by atoms with Crippen molar-refractivity contribution in [3.8, 4) is 11.5 Å². The highest BCUT2D eigenvalue weighted by Gasteiger charge is 2.06. The minimum absolute atomic E-state index is 0.0542. The van der Waals surface area contributed by atoms with Crippen molar-refractivity contribution in [2.45, 2.75) is 13.2 Å². The molecule has 0 unspecified atom stereocenters. The molecule has 0 aliphatic carbocycles. The fraction of sp³-hybridized carbons (Fsp3) is 0.105. The number of halogens is 1. The maximum Gasteiger partial charge on any atom is 0.150 e. The van der Waals surface area contributed by atoms with E-state index in [0.717, 1.165) is 0 Å². The van der Waals surface area contributed by atoms with Crippen molar-refractivity contribution in [3.63, 3.8) is 0 Å². The molecule has 126 valence electrons. The van der Waals surface area contributed by atoms with E-state index in [1.54, 1.807) is 55.0 Å². The number of carbonyl (C=O) groups excluding carboxylic acids is 1. The first-order chi connectivity index (χ1) is 12.2. The summed E-state index contributed by atoms with van der Waals surface area (Å²) in [6.07, 6.45) is 5.44. The Morgan fingerprint density at radius 3 is 2.44 bits per heavy atom. The molecular weight excluding hydrogens is 323 g/mol. The summed E-state index contributed by atoms with van der Waals surface area (Å²) < 4.78 is 24.9. The van der Waals surface area contributed by atoms with Crippen molar-refractivity contribution in [3.05, 3.63) is 83.7 Å². The molecule has 0 bridgehead atoms. The smallest absolute Gasteiger partial charge is 0.150 e. The van der Waals surface area contributed by atoms with Gasteiger partial charge in [-0.15, -0.1) is 0 Å². The van der Waals surface area contributed by atoms with Crippen LogP contribution in [0, 0.1) is 5.82 Å². The van der Waals surface area contributed by atoms with Gasteiger partial charge in [0, 0.05) is 29.6 Å². The van der Waals surface area contributed by atoms with Gasteiger partial charge in [-0.25, -0.2) is 4.39 Å². The lowest BCUT2D eigenvalue weighted by Gasteiger charge is -2.11. The number of carbonyl (C=O) groups is 1. The van der Waals surface area contributed by atoms with E-state index in [0.29, 0.717) is 34.6 Å². The van der Waals surface area contributed by atoms with Crippen molar-refractivity contribution in [2.24, 2.45) is 0 Å². The zero-order valence-corrected chi connectivity index (χ0v) is 13.3. The van der Waals surface area contributed by atoms with Crippen LogP contribution in [0.25, 0.3) is 0 Å². The minimum Gasteiger partial charge on any atom is -0.489 e. The van der Waals surface area contributed by atoms with Crippen molar-refractivity contribution < 1.29 is 18.7 Å². The SMILES string of the molecule is O=Cc1cc(OCc2cnccn2)cc(OCc2ccccc2F)c1. The van der Waals surface area contributed by atoms with Crippen LogP contribution in [-0.4, -0.2) is 16.3 Å². The van der Waals surface area contributed by atoms with Gasteiger partial charge in [0.1, 0.15) is 36.8 Å². The van der Waals surface area contributed by atoms with Crippen LogP contribution < -0.4 is 9.47 Å². The Bertz CT molecular complexity index is 856. The summed E-state index contributed by atoms with van der Waals surface area (Å²) in [7, 11) is 0. The zero-order chi connectivity index (χ0) is 17.5. The van der Waals surface area contributed by atoms with Crippen molar-refractivity contribution >= 4 is 6.29 Å². The average molecular weight is 338 g/mol. The Morgan fingerprint density at radius 1 is 1.00 bits per heavy atom. The highest BCUT2D eigenvalue weighted by molar-refractivity contribution is 5.76. The van der Waals surface area contributed by atoms with E-state index >= 15 is 0 Å². The first kappa shape index (κ1) is 16.6. The molecule has 25 heavy (non-hydrogen) atoms. The van der Waals surface area contributed by atoms with E-state index in [9.17, 15) is 9.18 Å². The van der Waals surface area contributed by atoms with E-state index in [1.807, 2.05) is 0 Å². The minimum atomic E-state index is -0.340. The van der Waals surface area contributed by atoms with E-state index in [1.165, 1.54) is 6.07 Å². The fourth-order valence-electron chi connectivity index (χ4n) is 2.17. The number of hydrogen-bond donors (Lipinski definition) is 0. The van der Waals surface area contributed by atoms with Crippen molar-refractivity contribution in [2.75, 3.05) is 0 Å². The van der Waals surface area contributed by atoms with E-state index in [2.05, 4.69) is 9.97 Å². The predicted molar refractivity (Wildman–Crippen MR) is 88.9 cm³/mol. The second-order valence-electron chi connectivity index (χ2n) is 5.22. The normalized spacial score (nSPS) is 10.3. The quantitative estimate of drug-likeness (QED) is 0.616. The highest BCUT2D eigenvalue weighted by atomic mass is 19.1. The maximum atomic E-state index is 13.7. The highest BCUT2D eigenvalue weighted by Crippen LogP contribution is 2.24. The monoisotopic (exact) mass is 338 g/mol. The lowest BCUT2D eigenvalue weighted by atomic mass is 10.2. The van der Waals surface area contributed by atoms with Gasteiger partial charge in [-0.05, 0) is 18.2 Å². The van der Waals surface area contributed by atoms with Crippen LogP contribution in [0.3, 0.4) is 0 Å². The van der Waals surface area contributed by atoms with E-state index in [4.69, 9.17) is 9.47 Å². The predicted octanol–water partition coefficient (Wildman–Crippen LogP) is 3.59. The molecule has 5 nitrogen and oxygen atoms in total. The molecule has 0 radical (unpaired) electrons. The third-order valence-electron chi connectivity index (χ3n) is 3.39. The summed E-state index contributed by atoms with van der Waals surface area (Å²) >= 11 is 0. The molecule has 3 aromatic rings. The molecule has 0 aliphatic heterocycles. The summed E-state index contributed by atoms with van der Waals surface area (Å²) in [4.78, 5) is 19.2. The molecule has 0 amide bonds. The molecule has 3 rings (SSSR count). The standard InChI is InChI=1S/C19H15FN2O3/c20-19-4-2-1-3-15(19)12-24-17-7-14(11-23)8-18(9-17)25-13-16-10-21-5-6-22-16/h1-11H,12-13H2. The summed E-state index contributed by atoms with van der Waals surface area (Å²) in [5.74, 6) is 0.536. The second-order valence-corrected chi connectivity index (χ2v) is 5.22. The molecule has 0 aliphatic rings. The molecule has 1 heterocycles. The van der Waals surface area contributed by atoms with Crippen LogP contribution in [-0.2, 0) is 13.2 Å². The lowest BCUT2D eigenvalue weighted by molar-refractivity contribution is 0.112. The number of ether oxygens (including phenoxy) is 2. The first-order valence-electron chi connectivity index (χ1n) is 7.59. The Morgan fingerprint density at radius 2 is 1.76 bits per heavy atom. The van der Waals surface area contributed by atoms with Gasteiger partial charge in [0.05, 0.1) is 11.9 Å². The molecule has 2 aromatic carbocycles. The number of aldehydes is 1. The van der Waals surface area contributed by atoms with Gasteiger partial charge in [-0.1, -0.05) is 18.2 Å². The van der Waals surface area contributed by atoms with Crippen LogP contribution in [0.4, 0.5) is 4.39 Å². The molecular formula is C19H15FN2O3. The van der Waals surface area contributed by atoms with E-state index < -0.39 is 0 Å². The van der Waals surface area contributed by atoms with Gasteiger partial charge in [0.25, 0.3) is 0 Å². The summed E-state index contributed by atoms with van der Waals surface area (Å²) in [6, 6.07) is 11.2. The maximum absolute atomic E-state index is 13.7. The molecule has 0 saturated carbocycles. The van der Waals surface area contributed by atoms with Gasteiger partial charge in [-0.2, -0.15) is 0 Å².